The van der Waals surface area contributed by atoms with Crippen LogP contribution in [-0.4, -0.2) is 6.04 Å². The summed E-state index contributed by atoms with van der Waals surface area (Å²) in [5, 5.41) is 5.82. The number of para-hydroxylation sites is 2. The first kappa shape index (κ1) is 38.8. The van der Waals surface area contributed by atoms with Gasteiger partial charge in [-0.3, -0.25) is 0 Å². The summed E-state index contributed by atoms with van der Waals surface area (Å²) in [6.45, 7) is 0. The molecule has 1 aromatic heterocycles. The second-order valence-electron chi connectivity index (χ2n) is 17.6. The molecule has 0 radical (unpaired) electrons. The highest BCUT2D eigenvalue weighted by molar-refractivity contribution is 6.29. The zero-order chi connectivity index (χ0) is 44.3. The Morgan fingerprint density at radius 1 is 0.388 bits per heavy atom. The number of allylic oxidation sites excluding steroid dienone is 2. The van der Waals surface area contributed by atoms with Gasteiger partial charge in [0.15, 0.2) is 0 Å². The van der Waals surface area contributed by atoms with Crippen LogP contribution in [0, 0.1) is 0 Å². The van der Waals surface area contributed by atoms with E-state index >= 15 is 0 Å². The van der Waals surface area contributed by atoms with E-state index in [-0.39, 0.29) is 6.04 Å². The van der Waals surface area contributed by atoms with Crippen molar-refractivity contribution in [2.24, 2.45) is 0 Å². The van der Waals surface area contributed by atoms with Gasteiger partial charge in [0.05, 0.1) is 6.04 Å². The Balaban J connectivity index is 0.878. The minimum absolute atomic E-state index is 0.264. The Bertz CT molecular complexity index is 3670. The lowest BCUT2D eigenvalue weighted by Crippen LogP contribution is -2.28. The third-order valence-corrected chi connectivity index (χ3v) is 13.8. The van der Waals surface area contributed by atoms with Crippen molar-refractivity contribution in [1.82, 2.24) is 0 Å². The van der Waals surface area contributed by atoms with Crippen molar-refractivity contribution in [3.8, 4) is 44.7 Å². The van der Waals surface area contributed by atoms with Crippen molar-refractivity contribution < 1.29 is 4.42 Å². The molecule has 2 atom stereocenters. The van der Waals surface area contributed by atoms with Crippen LogP contribution in [0.3, 0.4) is 0 Å². The summed E-state index contributed by atoms with van der Waals surface area (Å²) >= 11 is 0. The van der Waals surface area contributed by atoms with E-state index in [2.05, 4.69) is 265 Å². The van der Waals surface area contributed by atoms with Crippen LogP contribution in [0.15, 0.2) is 259 Å². The number of anilines is 5. The van der Waals surface area contributed by atoms with Crippen LogP contribution in [0.25, 0.3) is 77.2 Å². The van der Waals surface area contributed by atoms with Crippen molar-refractivity contribution >= 4 is 61.0 Å². The number of fused-ring (bicyclic) bond motifs is 9. The minimum atomic E-state index is 0.264. The summed E-state index contributed by atoms with van der Waals surface area (Å²) in [7, 11) is 0. The van der Waals surface area contributed by atoms with Gasteiger partial charge in [0.2, 0.25) is 0 Å². The van der Waals surface area contributed by atoms with E-state index in [1.807, 2.05) is 0 Å². The molecule has 1 aliphatic carbocycles. The predicted octanol–water partition coefficient (Wildman–Crippen LogP) is 17.6. The molecule has 0 fully saturated rings. The maximum Gasteiger partial charge on any atom is 0.143 e. The summed E-state index contributed by atoms with van der Waals surface area (Å²) in [5.41, 5.74) is 16.1. The van der Waals surface area contributed by atoms with Gasteiger partial charge in [-0.05, 0) is 116 Å². The topological polar surface area (TPSA) is 19.6 Å². The Hall–Kier alpha value is -8.66. The Labute approximate surface area is 390 Å². The zero-order valence-corrected chi connectivity index (χ0v) is 36.7. The van der Waals surface area contributed by atoms with Gasteiger partial charge in [-0.2, -0.15) is 0 Å². The fourth-order valence-corrected chi connectivity index (χ4v) is 10.7. The molecule has 0 amide bonds. The first-order valence-corrected chi connectivity index (χ1v) is 23.2. The molecule has 2 aliphatic rings. The van der Waals surface area contributed by atoms with E-state index in [0.717, 1.165) is 67.0 Å². The standard InChI is InChI=1S/C64H44N2O/c1-5-17-45(18-6-1)61-62-58-42-47(33-39-54(58)53-25-13-14-27-56(53)64(62)67-63(61)46-19-7-2-8-20-46)43-29-35-51(36-30-43)65(49-21-9-3-10-22-49)52-37-31-44(32-38-52)48-34-40-60-57(41-48)55-26-15-16-28-59(55)66(60)50-23-11-4-12-24-50/h1-42,55,59H. The van der Waals surface area contributed by atoms with E-state index in [1.165, 1.54) is 44.2 Å². The molecule has 1 aliphatic heterocycles. The Morgan fingerprint density at radius 3 is 1.60 bits per heavy atom. The normalized spacial score (nSPS) is 15.0. The number of benzene rings is 10. The molecule has 2 heterocycles. The summed E-state index contributed by atoms with van der Waals surface area (Å²) < 4.78 is 7.01. The molecule has 2 unspecified atom stereocenters. The highest BCUT2D eigenvalue weighted by Gasteiger charge is 2.37. The number of hydrogen-bond donors (Lipinski definition) is 0. The predicted molar refractivity (Wildman–Crippen MR) is 281 cm³/mol. The summed E-state index contributed by atoms with van der Waals surface area (Å²) in [6, 6.07) is 83.5. The fraction of sp³-hybridized carbons (Fsp3) is 0.0312. The quantitative estimate of drug-likeness (QED) is 0.142. The maximum absolute atomic E-state index is 7.01. The Morgan fingerprint density at radius 2 is 0.910 bits per heavy atom. The molecular formula is C64H44N2O. The monoisotopic (exact) mass is 856 g/mol. The molecule has 316 valence electrons. The molecule has 11 aromatic rings. The highest BCUT2D eigenvalue weighted by Crippen LogP contribution is 2.50. The molecule has 3 heteroatoms. The Kier molecular flexibility index (Phi) is 9.31. The maximum atomic E-state index is 7.01. The zero-order valence-electron chi connectivity index (χ0n) is 36.7. The average molecular weight is 857 g/mol. The lowest BCUT2D eigenvalue weighted by molar-refractivity contribution is 0.636. The van der Waals surface area contributed by atoms with Crippen LogP contribution in [0.5, 0.6) is 0 Å². The van der Waals surface area contributed by atoms with Gasteiger partial charge in [0.25, 0.3) is 0 Å². The van der Waals surface area contributed by atoms with Crippen LogP contribution in [0.2, 0.25) is 0 Å². The number of nitrogens with zero attached hydrogens (tertiary/aromatic N) is 2. The van der Waals surface area contributed by atoms with E-state index in [0.29, 0.717) is 5.92 Å². The number of furan rings is 1. The summed E-state index contributed by atoms with van der Waals surface area (Å²) in [5.74, 6) is 1.19. The van der Waals surface area contributed by atoms with E-state index < -0.39 is 0 Å². The van der Waals surface area contributed by atoms with Crippen LogP contribution in [0.1, 0.15) is 11.5 Å². The summed E-state index contributed by atoms with van der Waals surface area (Å²) in [6.07, 6.45) is 9.06. The SMILES string of the molecule is C1=CC2c3cc(-c4ccc(N(c5ccccc5)c5ccc(-c6ccc7c8ccccc8c8oc(-c9ccccc9)c(-c9ccccc9)c8c7c6)cc5)cc4)ccc3N(c3ccccc3)C2C=C1. The van der Waals surface area contributed by atoms with Crippen LogP contribution >= 0.6 is 0 Å². The first-order valence-electron chi connectivity index (χ1n) is 23.2. The van der Waals surface area contributed by atoms with Crippen molar-refractivity contribution in [3.05, 3.63) is 260 Å². The van der Waals surface area contributed by atoms with Gasteiger partial charge >= 0.3 is 0 Å². The third kappa shape index (κ3) is 6.58. The summed E-state index contributed by atoms with van der Waals surface area (Å²) in [4.78, 5) is 4.83. The lowest BCUT2D eigenvalue weighted by atomic mass is 9.89. The average Bonchev–Trinajstić information content (AvgIpc) is 3.98. The molecule has 3 nitrogen and oxygen atoms in total. The van der Waals surface area contributed by atoms with Crippen LogP contribution in [0.4, 0.5) is 28.4 Å². The number of rotatable bonds is 8. The van der Waals surface area contributed by atoms with Gasteiger partial charge in [0, 0.05) is 56.3 Å². The number of hydrogen-bond acceptors (Lipinski definition) is 3. The fourth-order valence-electron chi connectivity index (χ4n) is 10.7. The van der Waals surface area contributed by atoms with Gasteiger partial charge in [-0.15, -0.1) is 0 Å². The molecule has 13 rings (SSSR count). The third-order valence-electron chi connectivity index (χ3n) is 13.8. The first-order chi connectivity index (χ1) is 33.2. The molecule has 67 heavy (non-hydrogen) atoms. The molecule has 0 N–H and O–H groups in total. The molecule has 0 saturated heterocycles. The van der Waals surface area contributed by atoms with Gasteiger partial charge in [-0.25, -0.2) is 0 Å². The molecule has 0 spiro atoms. The highest BCUT2D eigenvalue weighted by atomic mass is 16.3. The molecular weight excluding hydrogens is 813 g/mol. The van der Waals surface area contributed by atoms with Crippen molar-refractivity contribution in [2.45, 2.75) is 12.0 Å². The lowest BCUT2D eigenvalue weighted by Gasteiger charge is -2.28. The van der Waals surface area contributed by atoms with Crippen LogP contribution < -0.4 is 9.80 Å². The van der Waals surface area contributed by atoms with E-state index in [9.17, 15) is 0 Å². The van der Waals surface area contributed by atoms with E-state index in [1.54, 1.807) is 0 Å². The van der Waals surface area contributed by atoms with Crippen molar-refractivity contribution in [2.75, 3.05) is 9.80 Å². The van der Waals surface area contributed by atoms with Crippen LogP contribution in [-0.2, 0) is 0 Å². The molecule has 0 saturated carbocycles. The van der Waals surface area contributed by atoms with E-state index in [4.69, 9.17) is 4.42 Å². The van der Waals surface area contributed by atoms with Crippen molar-refractivity contribution in [3.63, 3.8) is 0 Å². The van der Waals surface area contributed by atoms with Gasteiger partial charge in [-0.1, -0.05) is 188 Å². The minimum Gasteiger partial charge on any atom is -0.455 e. The second kappa shape index (κ2) is 16.1. The van der Waals surface area contributed by atoms with Crippen molar-refractivity contribution in [1.29, 1.82) is 0 Å². The second-order valence-corrected chi connectivity index (χ2v) is 17.6. The van der Waals surface area contributed by atoms with Gasteiger partial charge in [0.1, 0.15) is 11.3 Å². The largest absolute Gasteiger partial charge is 0.455 e. The van der Waals surface area contributed by atoms with Gasteiger partial charge < -0.3 is 14.2 Å². The molecule has 10 aromatic carbocycles. The smallest absolute Gasteiger partial charge is 0.143 e. The molecule has 0 bridgehead atoms.